The monoisotopic (exact) mass is 349 g/mol. The fourth-order valence-corrected chi connectivity index (χ4v) is 4.16. The Labute approximate surface area is 143 Å². The average Bonchev–Trinajstić information content (AvgIpc) is 2.90. The summed E-state index contributed by atoms with van der Waals surface area (Å²) in [4.78, 5) is 14.0. The van der Waals surface area contributed by atoms with E-state index in [0.717, 1.165) is 11.1 Å². The van der Waals surface area contributed by atoms with Crippen molar-refractivity contribution in [1.29, 1.82) is 0 Å². The molecular formula is C17H16ClNO3S. The van der Waals surface area contributed by atoms with E-state index < -0.39 is 0 Å². The molecule has 1 heterocycles. The van der Waals surface area contributed by atoms with Gasteiger partial charge in [-0.2, -0.15) is 0 Å². The van der Waals surface area contributed by atoms with Gasteiger partial charge in [-0.1, -0.05) is 35.9 Å². The number of benzene rings is 2. The number of nitrogens with zero attached hydrogens (tertiary/aromatic N) is 1. The van der Waals surface area contributed by atoms with Crippen LogP contribution >= 0.6 is 23.4 Å². The number of phenolic OH excluding ortho intramolecular Hbond substituents is 2. The number of carbonyl (C=O) groups is 1. The quantitative estimate of drug-likeness (QED) is 0.828. The second-order valence-corrected chi connectivity index (χ2v) is 6.82. The molecule has 1 aliphatic rings. The van der Waals surface area contributed by atoms with Gasteiger partial charge in [-0.15, -0.1) is 11.8 Å². The summed E-state index contributed by atoms with van der Waals surface area (Å²) < 4.78 is 0. The first kappa shape index (κ1) is 16.0. The van der Waals surface area contributed by atoms with Crippen molar-refractivity contribution >= 4 is 29.3 Å². The number of hydrogen-bond acceptors (Lipinski definition) is 4. The van der Waals surface area contributed by atoms with E-state index in [-0.39, 0.29) is 22.8 Å². The van der Waals surface area contributed by atoms with Crippen molar-refractivity contribution in [1.82, 2.24) is 4.90 Å². The van der Waals surface area contributed by atoms with E-state index in [1.807, 2.05) is 29.2 Å². The van der Waals surface area contributed by atoms with Crippen LogP contribution in [0.1, 0.15) is 16.5 Å². The minimum atomic E-state index is -0.146. The van der Waals surface area contributed by atoms with Crippen LogP contribution in [0.5, 0.6) is 11.5 Å². The molecule has 0 spiro atoms. The highest BCUT2D eigenvalue weighted by Gasteiger charge is 2.33. The van der Waals surface area contributed by atoms with Gasteiger partial charge in [0.05, 0.1) is 5.75 Å². The van der Waals surface area contributed by atoms with E-state index in [9.17, 15) is 15.0 Å². The molecule has 1 fully saturated rings. The van der Waals surface area contributed by atoms with E-state index >= 15 is 0 Å². The highest BCUT2D eigenvalue weighted by atomic mass is 35.5. The first-order valence-corrected chi connectivity index (χ1v) is 8.65. The third kappa shape index (κ3) is 3.41. The lowest BCUT2D eigenvalue weighted by molar-refractivity contribution is -0.128. The molecule has 0 radical (unpaired) electrons. The Morgan fingerprint density at radius 2 is 1.96 bits per heavy atom. The lowest BCUT2D eigenvalue weighted by Gasteiger charge is -2.25. The Balaban J connectivity index is 1.75. The predicted molar refractivity (Wildman–Crippen MR) is 91.8 cm³/mol. The molecule has 120 valence electrons. The summed E-state index contributed by atoms with van der Waals surface area (Å²) in [5.74, 6) is 0.238. The van der Waals surface area contributed by atoms with E-state index in [2.05, 4.69) is 0 Å². The van der Waals surface area contributed by atoms with E-state index in [4.69, 9.17) is 11.6 Å². The molecule has 2 N–H and O–H groups in total. The fourth-order valence-electron chi connectivity index (χ4n) is 2.60. The number of phenols is 2. The van der Waals surface area contributed by atoms with Gasteiger partial charge in [-0.25, -0.2) is 0 Å². The lowest BCUT2D eigenvalue weighted by atomic mass is 10.1. The number of halogens is 1. The van der Waals surface area contributed by atoms with Gasteiger partial charge in [-0.3, -0.25) is 4.79 Å². The number of rotatable bonds is 4. The summed E-state index contributed by atoms with van der Waals surface area (Å²) in [6.45, 7) is 0.534. The highest BCUT2D eigenvalue weighted by Crippen LogP contribution is 2.41. The van der Waals surface area contributed by atoms with Crippen LogP contribution in [-0.2, 0) is 11.2 Å². The summed E-state index contributed by atoms with van der Waals surface area (Å²) in [7, 11) is 0. The minimum absolute atomic E-state index is 0.0816. The SMILES string of the molecule is O=C1CSC(c2ccccc2Cl)N1CCc1ccc(O)c(O)c1. The molecule has 1 aliphatic heterocycles. The molecule has 1 saturated heterocycles. The van der Waals surface area contributed by atoms with Crippen molar-refractivity contribution in [2.24, 2.45) is 0 Å². The zero-order chi connectivity index (χ0) is 16.4. The summed E-state index contributed by atoms with van der Waals surface area (Å²) in [6, 6.07) is 12.3. The van der Waals surface area contributed by atoms with Gasteiger partial charge >= 0.3 is 0 Å². The molecule has 0 bridgehead atoms. The maximum absolute atomic E-state index is 12.2. The molecule has 4 nitrogen and oxygen atoms in total. The number of hydrogen-bond donors (Lipinski definition) is 2. The van der Waals surface area contributed by atoms with Crippen LogP contribution in [0.4, 0.5) is 0 Å². The Morgan fingerprint density at radius 3 is 2.70 bits per heavy atom. The highest BCUT2D eigenvalue weighted by molar-refractivity contribution is 8.00. The molecule has 0 aromatic heterocycles. The van der Waals surface area contributed by atoms with Crippen LogP contribution in [0, 0.1) is 0 Å². The normalized spacial score (nSPS) is 17.7. The Hall–Kier alpha value is -1.85. The second kappa shape index (κ2) is 6.72. The molecule has 1 unspecified atom stereocenters. The molecular weight excluding hydrogens is 334 g/mol. The van der Waals surface area contributed by atoms with E-state index in [1.54, 1.807) is 17.8 Å². The van der Waals surface area contributed by atoms with Gasteiger partial charge in [0.2, 0.25) is 5.91 Å². The van der Waals surface area contributed by atoms with Crippen molar-refractivity contribution in [3.63, 3.8) is 0 Å². The third-order valence-corrected chi connectivity index (χ3v) is 5.40. The number of amides is 1. The molecule has 2 aromatic rings. The standard InChI is InChI=1S/C17H16ClNO3S/c18-13-4-2-1-3-12(13)17-19(16(22)10-23-17)8-7-11-5-6-14(20)15(21)9-11/h1-6,9,17,20-21H,7-8,10H2. The summed E-state index contributed by atoms with van der Waals surface area (Å²) in [5.41, 5.74) is 1.81. The largest absolute Gasteiger partial charge is 0.504 e. The van der Waals surface area contributed by atoms with Crippen molar-refractivity contribution in [2.45, 2.75) is 11.8 Å². The summed E-state index contributed by atoms with van der Waals surface area (Å²) in [6.07, 6.45) is 0.598. The zero-order valence-electron chi connectivity index (χ0n) is 12.3. The van der Waals surface area contributed by atoms with Crippen LogP contribution in [0.3, 0.4) is 0 Å². The van der Waals surface area contributed by atoms with Gasteiger partial charge in [0, 0.05) is 17.1 Å². The Kier molecular flexibility index (Phi) is 4.68. The van der Waals surface area contributed by atoms with Gasteiger partial charge in [0.25, 0.3) is 0 Å². The van der Waals surface area contributed by atoms with Crippen molar-refractivity contribution < 1.29 is 15.0 Å². The minimum Gasteiger partial charge on any atom is -0.504 e. The van der Waals surface area contributed by atoms with Crippen molar-refractivity contribution in [3.8, 4) is 11.5 Å². The van der Waals surface area contributed by atoms with Crippen LogP contribution in [0.2, 0.25) is 5.02 Å². The van der Waals surface area contributed by atoms with Crippen molar-refractivity contribution in [2.75, 3.05) is 12.3 Å². The number of carbonyl (C=O) groups excluding carboxylic acids is 1. The fraction of sp³-hybridized carbons (Fsp3) is 0.235. The lowest BCUT2D eigenvalue weighted by Crippen LogP contribution is -2.30. The maximum atomic E-state index is 12.2. The number of aromatic hydroxyl groups is 2. The van der Waals surface area contributed by atoms with Crippen LogP contribution in [0.15, 0.2) is 42.5 Å². The molecule has 0 saturated carbocycles. The zero-order valence-corrected chi connectivity index (χ0v) is 13.8. The predicted octanol–water partition coefficient (Wildman–Crippen LogP) is 3.57. The van der Waals surface area contributed by atoms with Crippen LogP contribution < -0.4 is 0 Å². The molecule has 2 aromatic carbocycles. The van der Waals surface area contributed by atoms with Gasteiger partial charge in [0.1, 0.15) is 5.37 Å². The third-order valence-electron chi connectivity index (χ3n) is 3.82. The Morgan fingerprint density at radius 1 is 1.17 bits per heavy atom. The van der Waals surface area contributed by atoms with Crippen LogP contribution in [-0.4, -0.2) is 33.3 Å². The summed E-state index contributed by atoms with van der Waals surface area (Å²) in [5, 5.41) is 19.5. The van der Waals surface area contributed by atoms with Crippen LogP contribution in [0.25, 0.3) is 0 Å². The van der Waals surface area contributed by atoms with E-state index in [1.165, 1.54) is 12.1 Å². The maximum Gasteiger partial charge on any atom is 0.233 e. The molecule has 23 heavy (non-hydrogen) atoms. The molecule has 6 heteroatoms. The first-order chi connectivity index (χ1) is 11.1. The van der Waals surface area contributed by atoms with Crippen molar-refractivity contribution in [3.05, 3.63) is 58.6 Å². The van der Waals surface area contributed by atoms with Gasteiger partial charge in [-0.05, 0) is 30.2 Å². The molecule has 3 rings (SSSR count). The molecule has 1 amide bonds. The molecule has 0 aliphatic carbocycles. The summed E-state index contributed by atoms with van der Waals surface area (Å²) >= 11 is 7.83. The second-order valence-electron chi connectivity index (χ2n) is 5.35. The van der Waals surface area contributed by atoms with E-state index in [0.29, 0.717) is 23.7 Å². The average molecular weight is 350 g/mol. The first-order valence-electron chi connectivity index (χ1n) is 7.22. The molecule has 1 atom stereocenters. The van der Waals surface area contributed by atoms with Gasteiger partial charge < -0.3 is 15.1 Å². The number of thioether (sulfide) groups is 1. The van der Waals surface area contributed by atoms with Gasteiger partial charge in [0.15, 0.2) is 11.5 Å². The smallest absolute Gasteiger partial charge is 0.233 e. The topological polar surface area (TPSA) is 60.8 Å². The Bertz CT molecular complexity index is 738.